The minimum atomic E-state index is -4.31. The van der Waals surface area contributed by atoms with Gasteiger partial charge in [0.1, 0.15) is 13.2 Å². The highest BCUT2D eigenvalue weighted by Gasteiger charge is 2.28. The van der Waals surface area contributed by atoms with Gasteiger partial charge in [-0.2, -0.15) is 0 Å². The van der Waals surface area contributed by atoms with Gasteiger partial charge in [-0.25, -0.2) is 4.57 Å². The maximum Gasteiger partial charge on any atom is 0.472 e. The van der Waals surface area contributed by atoms with Crippen LogP contribution < -0.4 is 5.32 Å². The monoisotopic (exact) mass is 860 g/mol. The molecule has 1 amide bonds. The predicted octanol–water partition coefficient (Wildman–Crippen LogP) is 14.9. The first-order valence-electron chi connectivity index (χ1n) is 25.9. The molecule has 0 aliphatic heterocycles. The number of phosphoric ester groups is 1. The Hall–Kier alpha value is -0.500. The molecule has 0 aromatic rings. The molecule has 0 heterocycles. The summed E-state index contributed by atoms with van der Waals surface area (Å²) >= 11 is 0. The summed E-state index contributed by atoms with van der Waals surface area (Å²) in [6.07, 6.45) is 48.5. The summed E-state index contributed by atoms with van der Waals surface area (Å²) < 4.78 is 23.7. The number of quaternary nitrogens is 1. The lowest BCUT2D eigenvalue weighted by atomic mass is 10.0. The number of carbonyl (C=O) groups excluding carboxylic acids is 1. The van der Waals surface area contributed by atoms with E-state index < -0.39 is 20.0 Å². The number of carbonyl (C=O) groups is 1. The summed E-state index contributed by atoms with van der Waals surface area (Å²) in [5.74, 6) is -0.138. The maximum atomic E-state index is 12.9. The molecule has 354 valence electrons. The first kappa shape index (κ1) is 58.5. The molecule has 0 aliphatic rings. The molecule has 0 rings (SSSR count). The van der Waals surface area contributed by atoms with E-state index in [0.29, 0.717) is 23.9 Å². The number of nitrogens with one attached hydrogen (secondary N) is 1. The van der Waals surface area contributed by atoms with Gasteiger partial charge in [-0.3, -0.25) is 13.8 Å². The molecular weight excluding hydrogens is 756 g/mol. The van der Waals surface area contributed by atoms with Crippen LogP contribution in [0, 0.1) is 0 Å². The molecule has 3 atom stereocenters. The molecule has 8 nitrogen and oxygen atoms in total. The second-order valence-electron chi connectivity index (χ2n) is 19.3. The van der Waals surface area contributed by atoms with Crippen molar-refractivity contribution in [2.45, 2.75) is 276 Å². The van der Waals surface area contributed by atoms with E-state index >= 15 is 0 Å². The number of aliphatic hydroxyl groups excluding tert-OH is 1. The van der Waals surface area contributed by atoms with Crippen LogP contribution in [0.5, 0.6) is 0 Å². The van der Waals surface area contributed by atoms with Crippen LogP contribution in [0.25, 0.3) is 0 Å². The number of hydrogen-bond acceptors (Lipinski definition) is 5. The zero-order chi connectivity index (χ0) is 43.6. The van der Waals surface area contributed by atoms with Gasteiger partial charge in [-0.05, 0) is 12.8 Å². The number of phosphoric acid groups is 1. The van der Waals surface area contributed by atoms with Crippen molar-refractivity contribution in [1.82, 2.24) is 5.32 Å². The Kier molecular flexibility index (Phi) is 42.4. The lowest BCUT2D eigenvalue weighted by molar-refractivity contribution is -0.870. The van der Waals surface area contributed by atoms with Crippen molar-refractivity contribution in [3.63, 3.8) is 0 Å². The largest absolute Gasteiger partial charge is 0.472 e. The van der Waals surface area contributed by atoms with Gasteiger partial charge in [0.05, 0.1) is 39.9 Å². The second kappa shape index (κ2) is 42.8. The van der Waals surface area contributed by atoms with Gasteiger partial charge >= 0.3 is 7.82 Å². The molecule has 59 heavy (non-hydrogen) atoms. The van der Waals surface area contributed by atoms with Crippen LogP contribution in [0.15, 0.2) is 0 Å². The first-order chi connectivity index (χ1) is 28.5. The highest BCUT2D eigenvalue weighted by atomic mass is 31.2. The molecule has 0 saturated carbocycles. The highest BCUT2D eigenvalue weighted by Crippen LogP contribution is 2.43. The quantitative estimate of drug-likeness (QED) is 0.0320. The van der Waals surface area contributed by atoms with E-state index in [1.165, 1.54) is 199 Å². The predicted molar refractivity (Wildman–Crippen MR) is 254 cm³/mol. The number of nitrogens with zero attached hydrogens (tertiary/aromatic N) is 1. The molecule has 0 aromatic heterocycles. The molecule has 0 aromatic carbocycles. The van der Waals surface area contributed by atoms with E-state index in [1.807, 2.05) is 21.1 Å². The second-order valence-corrected chi connectivity index (χ2v) is 20.7. The van der Waals surface area contributed by atoms with E-state index in [2.05, 4.69) is 19.2 Å². The average molecular weight is 860 g/mol. The Morgan fingerprint density at radius 1 is 0.508 bits per heavy atom. The number of rotatable bonds is 48. The Labute approximate surface area is 368 Å². The van der Waals surface area contributed by atoms with Crippen LogP contribution in [0.2, 0.25) is 0 Å². The minimum absolute atomic E-state index is 0.0788. The fourth-order valence-electron chi connectivity index (χ4n) is 7.99. The molecule has 0 spiro atoms. The van der Waals surface area contributed by atoms with Crippen molar-refractivity contribution < 1.29 is 32.9 Å². The van der Waals surface area contributed by atoms with Crippen LogP contribution in [0.3, 0.4) is 0 Å². The van der Waals surface area contributed by atoms with Crippen LogP contribution in [-0.2, 0) is 18.4 Å². The number of unbranched alkanes of at least 4 members (excludes halogenated alkanes) is 35. The molecule has 0 bridgehead atoms. The SMILES string of the molecule is CCCCCCCCCCCCCCCCCCCCCCCCCC(=O)NC(COP(=O)(O)OCC[N+](C)(C)C)C(O)CCCCCCCCCCCCCCCC. The number of aliphatic hydroxyl groups is 1. The molecule has 3 N–H and O–H groups in total. The van der Waals surface area contributed by atoms with Gasteiger partial charge in [0.2, 0.25) is 5.91 Å². The standard InChI is InChI=1S/C50H103N2O6P/c1-6-8-10-12-14-16-18-20-22-23-24-25-26-27-28-29-30-32-34-36-38-40-42-44-50(54)51-48(47-58-59(55,56)57-46-45-52(3,4)5)49(53)43-41-39-37-35-33-31-21-19-17-15-13-11-9-7-2/h48-49,53H,6-47H2,1-5H3,(H-,51,54,55,56)/p+1. The lowest BCUT2D eigenvalue weighted by Gasteiger charge is -2.26. The lowest BCUT2D eigenvalue weighted by Crippen LogP contribution is -2.46. The van der Waals surface area contributed by atoms with Crippen molar-refractivity contribution in [1.29, 1.82) is 0 Å². The van der Waals surface area contributed by atoms with Gasteiger partial charge in [0, 0.05) is 6.42 Å². The highest BCUT2D eigenvalue weighted by molar-refractivity contribution is 7.47. The molecule has 0 fully saturated rings. The van der Waals surface area contributed by atoms with Gasteiger partial charge in [-0.15, -0.1) is 0 Å². The van der Waals surface area contributed by atoms with Gasteiger partial charge in [0.25, 0.3) is 0 Å². The third kappa shape index (κ3) is 45.3. The summed E-state index contributed by atoms with van der Waals surface area (Å²) in [5, 5.41) is 14.0. The molecule has 9 heteroatoms. The van der Waals surface area contributed by atoms with Crippen LogP contribution in [0.4, 0.5) is 0 Å². The Morgan fingerprint density at radius 3 is 1.14 bits per heavy atom. The number of likely N-dealkylation sites (N-methyl/N-ethyl adjacent to an activating group) is 1. The van der Waals surface area contributed by atoms with Crippen molar-refractivity contribution in [2.24, 2.45) is 0 Å². The fourth-order valence-corrected chi connectivity index (χ4v) is 8.73. The maximum absolute atomic E-state index is 12.9. The van der Waals surface area contributed by atoms with Gasteiger partial charge < -0.3 is 19.8 Å². The third-order valence-corrected chi connectivity index (χ3v) is 13.1. The molecule has 0 aliphatic carbocycles. The smallest absolute Gasteiger partial charge is 0.391 e. The number of hydrogen-bond donors (Lipinski definition) is 3. The summed E-state index contributed by atoms with van der Waals surface area (Å²) in [7, 11) is 1.63. The molecule has 0 radical (unpaired) electrons. The van der Waals surface area contributed by atoms with Crippen molar-refractivity contribution in [3.8, 4) is 0 Å². The van der Waals surface area contributed by atoms with Crippen molar-refractivity contribution in [3.05, 3.63) is 0 Å². The fraction of sp³-hybridized carbons (Fsp3) is 0.980. The summed E-state index contributed by atoms with van der Waals surface area (Å²) in [6.45, 7) is 4.93. The van der Waals surface area contributed by atoms with Crippen molar-refractivity contribution in [2.75, 3.05) is 40.9 Å². The van der Waals surface area contributed by atoms with E-state index in [1.54, 1.807) is 0 Å². The third-order valence-electron chi connectivity index (χ3n) is 12.1. The van der Waals surface area contributed by atoms with Crippen LogP contribution >= 0.6 is 7.82 Å². The number of amides is 1. The minimum Gasteiger partial charge on any atom is -0.391 e. The molecule has 3 unspecified atom stereocenters. The Balaban J connectivity index is 4.15. The Bertz CT molecular complexity index is 932. The van der Waals surface area contributed by atoms with Crippen LogP contribution in [-0.4, -0.2) is 73.4 Å². The van der Waals surface area contributed by atoms with E-state index in [4.69, 9.17) is 9.05 Å². The van der Waals surface area contributed by atoms with Gasteiger partial charge in [-0.1, -0.05) is 245 Å². The van der Waals surface area contributed by atoms with E-state index in [0.717, 1.165) is 38.5 Å². The normalized spacial score (nSPS) is 14.1. The Morgan fingerprint density at radius 2 is 0.814 bits per heavy atom. The summed E-state index contributed by atoms with van der Waals surface area (Å²) in [5.41, 5.74) is 0. The summed E-state index contributed by atoms with van der Waals surface area (Å²) in [6, 6.07) is -0.753. The van der Waals surface area contributed by atoms with E-state index in [-0.39, 0.29) is 19.1 Å². The van der Waals surface area contributed by atoms with Crippen molar-refractivity contribution >= 4 is 13.7 Å². The topological polar surface area (TPSA) is 105 Å². The molecular formula is C50H104N2O6P+. The molecule has 0 saturated heterocycles. The van der Waals surface area contributed by atoms with E-state index in [9.17, 15) is 19.4 Å². The zero-order valence-electron chi connectivity index (χ0n) is 40.3. The van der Waals surface area contributed by atoms with Crippen LogP contribution in [0.1, 0.15) is 264 Å². The first-order valence-corrected chi connectivity index (χ1v) is 27.4. The average Bonchev–Trinajstić information content (AvgIpc) is 3.19. The zero-order valence-corrected chi connectivity index (χ0v) is 41.2. The van der Waals surface area contributed by atoms with Gasteiger partial charge in [0.15, 0.2) is 0 Å². The summed E-state index contributed by atoms with van der Waals surface area (Å²) in [4.78, 5) is 23.2.